The lowest BCUT2D eigenvalue weighted by molar-refractivity contribution is -0.138. The van der Waals surface area contributed by atoms with Crippen molar-refractivity contribution in [2.45, 2.75) is 51.7 Å². The van der Waals surface area contributed by atoms with Gasteiger partial charge in [-0.05, 0) is 68.6 Å². The van der Waals surface area contributed by atoms with E-state index < -0.39 is 29.1 Å². The fourth-order valence-electron chi connectivity index (χ4n) is 5.37. The maximum absolute atomic E-state index is 13.4. The third-order valence-electron chi connectivity index (χ3n) is 7.81. The van der Waals surface area contributed by atoms with E-state index in [0.717, 1.165) is 81.7 Å². The van der Waals surface area contributed by atoms with Crippen molar-refractivity contribution in [1.29, 1.82) is 5.26 Å². The molecule has 1 saturated heterocycles. The normalized spacial score (nSPS) is 16.9. The summed E-state index contributed by atoms with van der Waals surface area (Å²) in [5, 5.41) is 9.02. The monoisotopic (exact) mass is 568 g/mol. The quantitative estimate of drug-likeness (QED) is 0.262. The smallest absolute Gasteiger partial charge is 0.417 e. The number of ether oxygens (including phenoxy) is 1. The number of alkyl halides is 3. The molecule has 4 rings (SSSR count). The second-order valence-corrected chi connectivity index (χ2v) is 10.5. The molecular formula is C31H35F3N4O3. The highest BCUT2D eigenvalue weighted by Crippen LogP contribution is 2.37. The van der Waals surface area contributed by atoms with Crippen molar-refractivity contribution >= 4 is 17.5 Å². The van der Waals surface area contributed by atoms with Crippen LogP contribution in [0.2, 0.25) is 0 Å². The Hall–Kier alpha value is -3.68. The number of hydrogen-bond acceptors (Lipinski definition) is 6. The molecule has 2 aliphatic heterocycles. The van der Waals surface area contributed by atoms with Gasteiger partial charge in [0.05, 0.1) is 30.0 Å². The molecule has 0 atom stereocenters. The van der Waals surface area contributed by atoms with E-state index in [2.05, 4.69) is 21.9 Å². The number of unbranched alkanes of at least 4 members (excludes halogenated alkanes) is 3. The van der Waals surface area contributed by atoms with Gasteiger partial charge in [0.1, 0.15) is 5.75 Å². The van der Waals surface area contributed by atoms with Crippen LogP contribution in [0.25, 0.3) is 0 Å². The minimum atomic E-state index is -4.77. The van der Waals surface area contributed by atoms with Crippen LogP contribution in [0, 0.1) is 11.3 Å². The zero-order valence-electron chi connectivity index (χ0n) is 23.5. The standard InChI is InChI=1S/C31H35F3N4O3/c1-22-27(30(40)38(29(22)39)25-11-10-24(20-35)28(19-25)31(32,33)34)7-5-3-4-6-14-36-15-17-37(18-16-36)21-23-8-12-26(41-2)13-9-23/h8-13,19H,3-7,14-18,21H2,1-2H3. The molecule has 2 aliphatic rings. The van der Waals surface area contributed by atoms with E-state index in [9.17, 15) is 22.8 Å². The molecule has 2 aromatic rings. The van der Waals surface area contributed by atoms with Crippen LogP contribution < -0.4 is 9.64 Å². The Kier molecular flexibility index (Phi) is 9.84. The van der Waals surface area contributed by atoms with E-state index in [1.165, 1.54) is 24.6 Å². The van der Waals surface area contributed by atoms with E-state index in [1.807, 2.05) is 12.1 Å². The van der Waals surface area contributed by atoms with Crippen LogP contribution in [0.4, 0.5) is 18.9 Å². The number of hydrogen-bond donors (Lipinski definition) is 0. The zero-order chi connectivity index (χ0) is 29.6. The highest BCUT2D eigenvalue weighted by molar-refractivity contribution is 6.32. The number of nitriles is 1. The molecule has 2 heterocycles. The molecule has 2 amide bonds. The van der Waals surface area contributed by atoms with Crippen LogP contribution in [0.15, 0.2) is 53.6 Å². The lowest BCUT2D eigenvalue weighted by atomic mass is 10.0. The van der Waals surface area contributed by atoms with Crippen LogP contribution in [-0.2, 0) is 22.3 Å². The maximum Gasteiger partial charge on any atom is 0.417 e. The van der Waals surface area contributed by atoms with E-state index in [0.29, 0.717) is 18.1 Å². The van der Waals surface area contributed by atoms with Crippen molar-refractivity contribution in [3.63, 3.8) is 0 Å². The van der Waals surface area contributed by atoms with Gasteiger partial charge in [0.15, 0.2) is 0 Å². The number of benzene rings is 2. The van der Waals surface area contributed by atoms with Gasteiger partial charge in [0.2, 0.25) is 0 Å². The number of methoxy groups -OCH3 is 1. The Morgan fingerprint density at radius 3 is 2.20 bits per heavy atom. The summed E-state index contributed by atoms with van der Waals surface area (Å²) in [6.45, 7) is 7.59. The van der Waals surface area contributed by atoms with Crippen molar-refractivity contribution in [2.24, 2.45) is 0 Å². The van der Waals surface area contributed by atoms with Gasteiger partial charge in [-0.2, -0.15) is 18.4 Å². The first-order valence-corrected chi connectivity index (χ1v) is 13.9. The highest BCUT2D eigenvalue weighted by atomic mass is 19.4. The molecule has 1 fully saturated rings. The van der Waals surface area contributed by atoms with Crippen molar-refractivity contribution in [3.05, 3.63) is 70.3 Å². The maximum atomic E-state index is 13.4. The summed E-state index contributed by atoms with van der Waals surface area (Å²) < 4.78 is 45.4. The predicted molar refractivity (Wildman–Crippen MR) is 149 cm³/mol. The molecule has 0 spiro atoms. The van der Waals surface area contributed by atoms with Crippen LogP contribution in [0.3, 0.4) is 0 Å². The lowest BCUT2D eigenvalue weighted by Gasteiger charge is -2.34. The number of carbonyl (C=O) groups excluding carboxylic acids is 2. The number of halogens is 3. The minimum absolute atomic E-state index is 0.176. The molecule has 2 aromatic carbocycles. The van der Waals surface area contributed by atoms with Crippen LogP contribution >= 0.6 is 0 Å². The Morgan fingerprint density at radius 1 is 0.902 bits per heavy atom. The van der Waals surface area contributed by atoms with Gasteiger partial charge in [-0.15, -0.1) is 0 Å². The van der Waals surface area contributed by atoms with Gasteiger partial charge in [-0.25, -0.2) is 4.90 Å². The number of nitrogens with zero attached hydrogens (tertiary/aromatic N) is 4. The number of anilines is 1. The summed E-state index contributed by atoms with van der Waals surface area (Å²) in [5.74, 6) is -0.339. The van der Waals surface area contributed by atoms with Gasteiger partial charge in [0, 0.05) is 43.9 Å². The third kappa shape index (κ3) is 7.34. The number of amides is 2. The van der Waals surface area contributed by atoms with E-state index in [1.54, 1.807) is 7.11 Å². The topological polar surface area (TPSA) is 76.9 Å². The first-order chi connectivity index (χ1) is 19.6. The second-order valence-electron chi connectivity index (χ2n) is 10.5. The molecular weight excluding hydrogens is 533 g/mol. The van der Waals surface area contributed by atoms with Crippen LogP contribution in [0.5, 0.6) is 5.75 Å². The second kappa shape index (κ2) is 13.3. The number of carbonyl (C=O) groups is 2. The third-order valence-corrected chi connectivity index (χ3v) is 7.81. The summed E-state index contributed by atoms with van der Waals surface area (Å²) in [7, 11) is 1.67. The minimum Gasteiger partial charge on any atom is -0.497 e. The molecule has 218 valence electrons. The van der Waals surface area contributed by atoms with Gasteiger partial charge in [0.25, 0.3) is 11.8 Å². The summed E-state index contributed by atoms with van der Waals surface area (Å²) in [6.07, 6.45) is -0.723. The molecule has 0 aromatic heterocycles. The molecule has 0 radical (unpaired) electrons. The Labute approximate surface area is 238 Å². The Balaban J connectivity index is 1.18. The highest BCUT2D eigenvalue weighted by Gasteiger charge is 2.39. The largest absolute Gasteiger partial charge is 0.497 e. The van der Waals surface area contributed by atoms with Crippen molar-refractivity contribution < 1.29 is 27.5 Å². The molecule has 41 heavy (non-hydrogen) atoms. The molecule has 0 unspecified atom stereocenters. The average molecular weight is 569 g/mol. The lowest BCUT2D eigenvalue weighted by Crippen LogP contribution is -2.46. The van der Waals surface area contributed by atoms with E-state index in [-0.39, 0.29) is 11.3 Å². The Bertz CT molecular complexity index is 1320. The fraction of sp³-hybridized carbons (Fsp3) is 0.452. The fourth-order valence-corrected chi connectivity index (χ4v) is 5.37. The van der Waals surface area contributed by atoms with Crippen molar-refractivity contribution in [2.75, 3.05) is 44.7 Å². The molecule has 0 saturated carbocycles. The van der Waals surface area contributed by atoms with Crippen LogP contribution in [-0.4, -0.2) is 61.4 Å². The molecule has 7 nitrogen and oxygen atoms in total. The summed E-state index contributed by atoms with van der Waals surface area (Å²) in [6, 6.07) is 12.6. The SMILES string of the molecule is COc1ccc(CN2CCN(CCCCCCC3=C(C)C(=O)N(c4ccc(C#N)c(C(F)(F)F)c4)C3=O)CC2)cc1. The van der Waals surface area contributed by atoms with E-state index in [4.69, 9.17) is 10.00 Å². The van der Waals surface area contributed by atoms with Gasteiger partial charge in [-0.3, -0.25) is 14.5 Å². The summed E-state index contributed by atoms with van der Waals surface area (Å²) >= 11 is 0. The van der Waals surface area contributed by atoms with Gasteiger partial charge < -0.3 is 9.64 Å². The summed E-state index contributed by atoms with van der Waals surface area (Å²) in [5.41, 5.74) is -0.00669. The summed E-state index contributed by atoms with van der Waals surface area (Å²) in [4.78, 5) is 31.5. The first-order valence-electron chi connectivity index (χ1n) is 13.9. The molecule has 0 N–H and O–H groups in total. The molecule has 10 heteroatoms. The predicted octanol–water partition coefficient (Wildman–Crippen LogP) is 5.54. The van der Waals surface area contributed by atoms with Crippen LogP contribution in [0.1, 0.15) is 55.7 Å². The average Bonchev–Trinajstić information content (AvgIpc) is 3.18. The van der Waals surface area contributed by atoms with Crippen molar-refractivity contribution in [1.82, 2.24) is 9.80 Å². The van der Waals surface area contributed by atoms with E-state index >= 15 is 0 Å². The van der Waals surface area contributed by atoms with Gasteiger partial charge in [-0.1, -0.05) is 25.0 Å². The molecule has 0 aliphatic carbocycles. The van der Waals surface area contributed by atoms with Gasteiger partial charge >= 0.3 is 6.18 Å². The first kappa shape index (κ1) is 30.3. The number of imide groups is 1. The molecule has 0 bridgehead atoms. The zero-order valence-corrected chi connectivity index (χ0v) is 23.5. The van der Waals surface area contributed by atoms with Crippen molar-refractivity contribution in [3.8, 4) is 11.8 Å². The number of piperazine rings is 1. The Morgan fingerprint density at radius 2 is 1.56 bits per heavy atom. The number of rotatable bonds is 11.